The van der Waals surface area contributed by atoms with Gasteiger partial charge < -0.3 is 11.1 Å². The number of amides is 1. The minimum Gasteiger partial charge on any atom is -0.397 e. The molecule has 2 rings (SSSR count). The topological polar surface area (TPSA) is 68.0 Å². The van der Waals surface area contributed by atoms with Gasteiger partial charge in [0.1, 0.15) is 5.82 Å². The fourth-order valence-corrected chi connectivity index (χ4v) is 1.95. The molecule has 0 spiro atoms. The second kappa shape index (κ2) is 5.71. The Morgan fingerprint density at radius 3 is 2.89 bits per heavy atom. The maximum absolute atomic E-state index is 11.9. The molecule has 1 amide bonds. The van der Waals surface area contributed by atoms with Crippen molar-refractivity contribution in [3.63, 3.8) is 0 Å². The Labute approximate surface area is 116 Å². The van der Waals surface area contributed by atoms with Crippen LogP contribution in [0.3, 0.4) is 0 Å². The van der Waals surface area contributed by atoms with Crippen molar-refractivity contribution in [3.05, 3.63) is 52.7 Å². The Bertz CT molecular complexity index is 613. The first-order valence-corrected chi connectivity index (χ1v) is 6.19. The quantitative estimate of drug-likeness (QED) is 0.905. The number of anilines is 2. The van der Waals surface area contributed by atoms with Crippen LogP contribution in [-0.2, 0) is 11.2 Å². The van der Waals surface area contributed by atoms with Gasteiger partial charge in [-0.05, 0) is 36.2 Å². The smallest absolute Gasteiger partial charge is 0.229 e. The summed E-state index contributed by atoms with van der Waals surface area (Å²) in [5, 5.41) is 3.37. The highest BCUT2D eigenvalue weighted by Crippen LogP contribution is 2.15. The van der Waals surface area contributed by atoms with Gasteiger partial charge in [-0.2, -0.15) is 0 Å². The van der Waals surface area contributed by atoms with E-state index in [9.17, 15) is 4.79 Å². The molecule has 0 bridgehead atoms. The van der Waals surface area contributed by atoms with Gasteiger partial charge in [0.05, 0.1) is 18.3 Å². The van der Waals surface area contributed by atoms with Crippen molar-refractivity contribution < 1.29 is 4.79 Å². The van der Waals surface area contributed by atoms with Crippen LogP contribution in [0.5, 0.6) is 0 Å². The molecule has 5 heteroatoms. The third-order valence-corrected chi connectivity index (χ3v) is 2.85. The SMILES string of the molecule is Cc1cc(N)cnc1NC(=O)Cc1cccc(Cl)c1. The van der Waals surface area contributed by atoms with E-state index in [1.807, 2.05) is 19.1 Å². The summed E-state index contributed by atoms with van der Waals surface area (Å²) < 4.78 is 0. The van der Waals surface area contributed by atoms with E-state index in [0.29, 0.717) is 16.5 Å². The lowest BCUT2D eigenvalue weighted by molar-refractivity contribution is -0.115. The van der Waals surface area contributed by atoms with E-state index in [0.717, 1.165) is 11.1 Å². The highest BCUT2D eigenvalue weighted by molar-refractivity contribution is 6.30. The zero-order valence-electron chi connectivity index (χ0n) is 10.5. The largest absolute Gasteiger partial charge is 0.397 e. The van der Waals surface area contributed by atoms with E-state index < -0.39 is 0 Å². The number of nitrogen functional groups attached to an aromatic ring is 1. The second-order valence-corrected chi connectivity index (χ2v) is 4.73. The predicted molar refractivity (Wildman–Crippen MR) is 77.2 cm³/mol. The lowest BCUT2D eigenvalue weighted by Crippen LogP contribution is -2.16. The van der Waals surface area contributed by atoms with Crippen molar-refractivity contribution in [3.8, 4) is 0 Å². The molecule has 0 radical (unpaired) electrons. The highest BCUT2D eigenvalue weighted by Gasteiger charge is 2.07. The standard InChI is InChI=1S/C14H14ClN3O/c1-9-5-12(16)8-17-14(9)18-13(19)7-10-3-2-4-11(15)6-10/h2-6,8H,7,16H2,1H3,(H,17,18,19). The molecule has 19 heavy (non-hydrogen) atoms. The number of hydrogen-bond acceptors (Lipinski definition) is 3. The van der Waals surface area contributed by atoms with Crippen LogP contribution in [0.25, 0.3) is 0 Å². The number of aryl methyl sites for hydroxylation is 1. The Morgan fingerprint density at radius 2 is 2.21 bits per heavy atom. The molecule has 2 aromatic rings. The number of nitrogens with one attached hydrogen (secondary N) is 1. The summed E-state index contributed by atoms with van der Waals surface area (Å²) in [6.45, 7) is 1.85. The highest BCUT2D eigenvalue weighted by atomic mass is 35.5. The number of carbonyl (C=O) groups excluding carboxylic acids is 1. The minimum absolute atomic E-state index is 0.136. The van der Waals surface area contributed by atoms with Crippen molar-refractivity contribution >= 4 is 29.0 Å². The molecule has 1 heterocycles. The Hall–Kier alpha value is -2.07. The van der Waals surface area contributed by atoms with Gasteiger partial charge >= 0.3 is 0 Å². The van der Waals surface area contributed by atoms with E-state index in [-0.39, 0.29) is 12.3 Å². The second-order valence-electron chi connectivity index (χ2n) is 4.29. The van der Waals surface area contributed by atoms with Crippen molar-refractivity contribution in [2.45, 2.75) is 13.3 Å². The van der Waals surface area contributed by atoms with E-state index in [1.165, 1.54) is 6.20 Å². The van der Waals surface area contributed by atoms with Crippen molar-refractivity contribution in [1.82, 2.24) is 4.98 Å². The van der Waals surface area contributed by atoms with Gasteiger partial charge in [-0.25, -0.2) is 4.98 Å². The summed E-state index contributed by atoms with van der Waals surface area (Å²) in [4.78, 5) is 16.0. The number of benzene rings is 1. The number of hydrogen-bond donors (Lipinski definition) is 2. The van der Waals surface area contributed by atoms with Crippen LogP contribution < -0.4 is 11.1 Å². The lowest BCUT2D eigenvalue weighted by Gasteiger charge is -2.08. The molecule has 3 N–H and O–H groups in total. The number of nitrogens with zero attached hydrogens (tertiary/aromatic N) is 1. The van der Waals surface area contributed by atoms with Crippen LogP contribution >= 0.6 is 11.6 Å². The molecule has 1 aromatic carbocycles. The Balaban J connectivity index is 2.05. The van der Waals surface area contributed by atoms with Gasteiger partial charge in [-0.1, -0.05) is 23.7 Å². The summed E-state index contributed by atoms with van der Waals surface area (Å²) in [5.74, 6) is 0.392. The summed E-state index contributed by atoms with van der Waals surface area (Å²) in [5.41, 5.74) is 7.88. The average Bonchev–Trinajstić information content (AvgIpc) is 2.33. The van der Waals surface area contributed by atoms with Crippen molar-refractivity contribution in [1.29, 1.82) is 0 Å². The summed E-state index contributed by atoms with van der Waals surface area (Å²) in [6, 6.07) is 8.98. The zero-order valence-corrected chi connectivity index (χ0v) is 11.2. The van der Waals surface area contributed by atoms with E-state index in [2.05, 4.69) is 10.3 Å². The Kier molecular flexibility index (Phi) is 4.02. The minimum atomic E-state index is -0.136. The molecule has 1 aromatic heterocycles. The fraction of sp³-hybridized carbons (Fsp3) is 0.143. The number of aromatic nitrogens is 1. The van der Waals surface area contributed by atoms with Gasteiger partial charge in [0.2, 0.25) is 5.91 Å². The molecule has 0 saturated carbocycles. The molecule has 4 nitrogen and oxygen atoms in total. The molecular weight excluding hydrogens is 262 g/mol. The maximum atomic E-state index is 11.9. The third-order valence-electron chi connectivity index (χ3n) is 2.61. The van der Waals surface area contributed by atoms with Crippen molar-refractivity contribution in [2.75, 3.05) is 11.1 Å². The molecule has 0 aliphatic carbocycles. The normalized spacial score (nSPS) is 10.2. The van der Waals surface area contributed by atoms with Crippen LogP contribution in [0.4, 0.5) is 11.5 Å². The first-order chi connectivity index (χ1) is 9.04. The molecule has 0 unspecified atom stereocenters. The first-order valence-electron chi connectivity index (χ1n) is 5.81. The number of halogens is 1. The molecule has 0 atom stereocenters. The number of carbonyl (C=O) groups is 1. The molecular formula is C14H14ClN3O. The van der Waals surface area contributed by atoms with E-state index >= 15 is 0 Å². The third kappa shape index (κ3) is 3.69. The average molecular weight is 276 g/mol. The van der Waals surface area contributed by atoms with Gasteiger partial charge in [0, 0.05) is 5.02 Å². The zero-order chi connectivity index (χ0) is 13.8. The lowest BCUT2D eigenvalue weighted by atomic mass is 10.1. The van der Waals surface area contributed by atoms with Gasteiger partial charge in [-0.3, -0.25) is 4.79 Å². The van der Waals surface area contributed by atoms with Gasteiger partial charge in [0.15, 0.2) is 0 Å². The van der Waals surface area contributed by atoms with Crippen LogP contribution in [0, 0.1) is 6.92 Å². The number of nitrogens with two attached hydrogens (primary N) is 1. The number of rotatable bonds is 3. The summed E-state index contributed by atoms with van der Waals surface area (Å²) >= 11 is 5.87. The van der Waals surface area contributed by atoms with Gasteiger partial charge in [-0.15, -0.1) is 0 Å². The van der Waals surface area contributed by atoms with Crippen molar-refractivity contribution in [2.24, 2.45) is 0 Å². The van der Waals surface area contributed by atoms with Crippen LogP contribution in [0.15, 0.2) is 36.5 Å². The van der Waals surface area contributed by atoms with Crippen LogP contribution in [0.2, 0.25) is 5.02 Å². The van der Waals surface area contributed by atoms with E-state index in [4.69, 9.17) is 17.3 Å². The van der Waals surface area contributed by atoms with Gasteiger partial charge in [0.25, 0.3) is 0 Å². The molecule has 0 saturated heterocycles. The molecule has 0 aliphatic rings. The predicted octanol–water partition coefficient (Wildman–Crippen LogP) is 2.81. The van der Waals surface area contributed by atoms with Crippen LogP contribution in [-0.4, -0.2) is 10.9 Å². The summed E-state index contributed by atoms with van der Waals surface area (Å²) in [6.07, 6.45) is 1.77. The summed E-state index contributed by atoms with van der Waals surface area (Å²) in [7, 11) is 0. The number of pyridine rings is 1. The fourth-order valence-electron chi connectivity index (χ4n) is 1.74. The first kappa shape index (κ1) is 13.4. The van der Waals surface area contributed by atoms with E-state index in [1.54, 1.807) is 18.2 Å². The van der Waals surface area contributed by atoms with Crippen LogP contribution in [0.1, 0.15) is 11.1 Å². The molecule has 0 aliphatic heterocycles. The Morgan fingerprint density at radius 1 is 1.42 bits per heavy atom. The molecule has 98 valence electrons. The maximum Gasteiger partial charge on any atom is 0.229 e. The monoisotopic (exact) mass is 275 g/mol. The molecule has 0 fully saturated rings.